The molecule has 0 saturated carbocycles. The molecule has 2 aromatic rings. The minimum atomic E-state index is -0.666. The molecule has 1 unspecified atom stereocenters. The highest BCUT2D eigenvalue weighted by Gasteiger charge is 2.29. The van der Waals surface area contributed by atoms with Crippen molar-refractivity contribution in [3.05, 3.63) is 35.5 Å². The maximum absolute atomic E-state index is 14.2. The van der Waals surface area contributed by atoms with Gasteiger partial charge in [0.05, 0.1) is 24.0 Å². The maximum Gasteiger partial charge on any atom is 0.229 e. The molecule has 1 aliphatic rings. The van der Waals surface area contributed by atoms with Gasteiger partial charge in [-0.15, -0.1) is 0 Å². The number of β-amino-alcohol motifs (C(OH)–C–C–N with tert-alkyl or cyclic N) is 1. The largest absolute Gasteiger partial charge is 0.497 e. The molecule has 0 bridgehead atoms. The first-order valence-electron chi connectivity index (χ1n) is 8.13. The summed E-state index contributed by atoms with van der Waals surface area (Å²) in [7, 11) is 1.50. The lowest BCUT2D eigenvalue weighted by molar-refractivity contribution is -0.0185. The predicted molar refractivity (Wildman–Crippen MR) is 88.3 cm³/mol. The number of halogens is 1. The first-order valence-corrected chi connectivity index (χ1v) is 8.13. The number of methoxy groups -OCH3 is 1. The minimum Gasteiger partial charge on any atom is -0.497 e. The third-order valence-corrected chi connectivity index (χ3v) is 4.43. The van der Waals surface area contributed by atoms with Crippen molar-refractivity contribution in [3.63, 3.8) is 0 Å². The zero-order chi connectivity index (χ0) is 17.3. The van der Waals surface area contributed by atoms with Gasteiger partial charge in [0.15, 0.2) is 0 Å². The lowest BCUT2D eigenvalue weighted by Crippen LogP contribution is -2.45. The van der Waals surface area contributed by atoms with Gasteiger partial charge in [0.25, 0.3) is 0 Å². The first kappa shape index (κ1) is 16.9. The van der Waals surface area contributed by atoms with Crippen molar-refractivity contribution in [2.24, 2.45) is 0 Å². The fraction of sp³-hybridized carbons (Fsp3) is 0.500. The molecule has 1 fully saturated rings. The Balaban J connectivity index is 1.80. The Morgan fingerprint density at radius 2 is 2.25 bits per heavy atom. The Kier molecular flexibility index (Phi) is 4.60. The van der Waals surface area contributed by atoms with Crippen molar-refractivity contribution in [1.29, 1.82) is 0 Å². The van der Waals surface area contributed by atoms with Gasteiger partial charge in [-0.05, 0) is 45.4 Å². The number of aryl methyl sites for hydroxylation is 1. The summed E-state index contributed by atoms with van der Waals surface area (Å²) >= 11 is 0. The van der Waals surface area contributed by atoms with Crippen LogP contribution in [0.15, 0.2) is 22.6 Å². The van der Waals surface area contributed by atoms with E-state index < -0.39 is 11.4 Å². The second-order valence-electron chi connectivity index (χ2n) is 6.68. The summed E-state index contributed by atoms with van der Waals surface area (Å²) in [5.41, 5.74) is 0.426. The van der Waals surface area contributed by atoms with Crippen molar-refractivity contribution in [2.75, 3.05) is 20.2 Å². The van der Waals surface area contributed by atoms with Gasteiger partial charge in [-0.3, -0.25) is 4.90 Å². The van der Waals surface area contributed by atoms with Crippen LogP contribution >= 0.6 is 0 Å². The van der Waals surface area contributed by atoms with Crippen LogP contribution in [0.25, 0.3) is 11.5 Å². The zero-order valence-electron chi connectivity index (χ0n) is 14.3. The summed E-state index contributed by atoms with van der Waals surface area (Å²) in [6, 6.07) is 4.60. The second-order valence-corrected chi connectivity index (χ2v) is 6.68. The number of hydrogen-bond donors (Lipinski definition) is 1. The number of aliphatic hydroxyl groups is 1. The van der Waals surface area contributed by atoms with Gasteiger partial charge < -0.3 is 14.3 Å². The molecule has 0 radical (unpaired) electrons. The molecule has 1 aromatic carbocycles. The van der Waals surface area contributed by atoms with Crippen LogP contribution in [0.2, 0.25) is 0 Å². The monoisotopic (exact) mass is 334 g/mol. The molecule has 6 heteroatoms. The van der Waals surface area contributed by atoms with Gasteiger partial charge in [-0.1, -0.05) is 0 Å². The van der Waals surface area contributed by atoms with Gasteiger partial charge in [-0.25, -0.2) is 9.37 Å². The van der Waals surface area contributed by atoms with E-state index in [1.807, 2.05) is 13.8 Å². The molecule has 3 rings (SSSR count). The van der Waals surface area contributed by atoms with Crippen LogP contribution in [0.4, 0.5) is 4.39 Å². The number of rotatable bonds is 4. The number of piperidine rings is 1. The lowest BCUT2D eigenvalue weighted by atomic mass is 9.95. The standard InChI is InChI=1S/C18H23FN2O3/c1-12-16(10-21-8-4-7-18(2,22)11-21)20-17(24-12)14-6-5-13(23-3)9-15(14)19/h5-6,9,22H,4,7-8,10-11H2,1-3H3. The van der Waals surface area contributed by atoms with Gasteiger partial charge in [0, 0.05) is 19.2 Å². The van der Waals surface area contributed by atoms with E-state index in [1.54, 1.807) is 12.1 Å². The van der Waals surface area contributed by atoms with Crippen LogP contribution in [-0.4, -0.2) is 40.8 Å². The van der Waals surface area contributed by atoms with Crippen LogP contribution in [0.1, 0.15) is 31.2 Å². The molecule has 1 aromatic heterocycles. The number of hydrogen-bond acceptors (Lipinski definition) is 5. The SMILES string of the molecule is COc1ccc(-c2nc(CN3CCCC(C)(O)C3)c(C)o2)c(F)c1. The molecule has 1 aliphatic heterocycles. The summed E-state index contributed by atoms with van der Waals surface area (Å²) in [6.07, 6.45) is 1.76. The second kappa shape index (κ2) is 6.53. The summed E-state index contributed by atoms with van der Waals surface area (Å²) in [5.74, 6) is 0.968. The number of likely N-dealkylation sites (tertiary alicyclic amines) is 1. The van der Waals surface area contributed by atoms with Crippen molar-refractivity contribution in [2.45, 2.75) is 38.8 Å². The number of oxazole rings is 1. The van der Waals surface area contributed by atoms with E-state index in [0.29, 0.717) is 30.2 Å². The highest BCUT2D eigenvalue weighted by Crippen LogP contribution is 2.28. The molecular weight excluding hydrogens is 311 g/mol. The van der Waals surface area contributed by atoms with Gasteiger partial charge in [0.1, 0.15) is 17.3 Å². The molecule has 130 valence electrons. The fourth-order valence-corrected chi connectivity index (χ4v) is 3.16. The predicted octanol–water partition coefficient (Wildman–Crippen LogP) is 3.14. The molecule has 0 aliphatic carbocycles. The highest BCUT2D eigenvalue weighted by atomic mass is 19.1. The normalized spacial score (nSPS) is 21.9. The number of ether oxygens (including phenoxy) is 1. The Morgan fingerprint density at radius 3 is 2.92 bits per heavy atom. The van der Waals surface area contributed by atoms with Crippen LogP contribution in [0.5, 0.6) is 5.75 Å². The van der Waals surface area contributed by atoms with Crippen molar-refractivity contribution in [3.8, 4) is 17.2 Å². The van der Waals surface area contributed by atoms with Gasteiger partial charge in [0.2, 0.25) is 5.89 Å². The molecule has 24 heavy (non-hydrogen) atoms. The highest BCUT2D eigenvalue weighted by molar-refractivity contribution is 5.56. The van der Waals surface area contributed by atoms with Gasteiger partial charge in [-0.2, -0.15) is 0 Å². The number of aromatic nitrogens is 1. The average Bonchev–Trinajstić information content (AvgIpc) is 2.86. The lowest BCUT2D eigenvalue weighted by Gasteiger charge is -2.36. The molecular formula is C18H23FN2O3. The van der Waals surface area contributed by atoms with E-state index in [9.17, 15) is 9.50 Å². The van der Waals surface area contributed by atoms with Crippen LogP contribution in [0.3, 0.4) is 0 Å². The summed E-state index contributed by atoms with van der Waals surface area (Å²) in [6.45, 7) is 5.78. The third kappa shape index (κ3) is 3.60. The Labute approximate surface area is 141 Å². The fourth-order valence-electron chi connectivity index (χ4n) is 3.16. The van der Waals surface area contributed by atoms with Crippen LogP contribution in [-0.2, 0) is 6.54 Å². The van der Waals surface area contributed by atoms with E-state index in [0.717, 1.165) is 25.1 Å². The maximum atomic E-state index is 14.2. The molecule has 0 spiro atoms. The van der Waals surface area contributed by atoms with E-state index in [-0.39, 0.29) is 5.89 Å². The topological polar surface area (TPSA) is 58.7 Å². The van der Waals surface area contributed by atoms with Crippen molar-refractivity contribution < 1.29 is 18.7 Å². The molecule has 1 atom stereocenters. The molecule has 2 heterocycles. The summed E-state index contributed by atoms with van der Waals surface area (Å²) in [4.78, 5) is 6.62. The van der Waals surface area contributed by atoms with Crippen molar-refractivity contribution in [1.82, 2.24) is 9.88 Å². The third-order valence-electron chi connectivity index (χ3n) is 4.43. The Bertz CT molecular complexity index is 727. The van der Waals surface area contributed by atoms with E-state index in [2.05, 4.69) is 9.88 Å². The first-order chi connectivity index (χ1) is 11.4. The van der Waals surface area contributed by atoms with Crippen LogP contribution in [0, 0.1) is 12.7 Å². The summed E-state index contributed by atoms with van der Waals surface area (Å²) < 4.78 is 24.9. The Hall–Kier alpha value is -1.92. The van der Waals surface area contributed by atoms with E-state index in [1.165, 1.54) is 13.2 Å². The molecule has 5 nitrogen and oxygen atoms in total. The minimum absolute atomic E-state index is 0.270. The van der Waals surface area contributed by atoms with E-state index >= 15 is 0 Å². The number of nitrogens with zero attached hydrogens (tertiary/aromatic N) is 2. The number of benzene rings is 1. The average molecular weight is 334 g/mol. The smallest absolute Gasteiger partial charge is 0.229 e. The quantitative estimate of drug-likeness (QED) is 0.931. The molecule has 1 N–H and O–H groups in total. The van der Waals surface area contributed by atoms with E-state index in [4.69, 9.17) is 9.15 Å². The zero-order valence-corrected chi connectivity index (χ0v) is 14.3. The molecule has 1 saturated heterocycles. The van der Waals surface area contributed by atoms with Crippen LogP contribution < -0.4 is 4.74 Å². The molecule has 0 amide bonds. The Morgan fingerprint density at radius 1 is 1.46 bits per heavy atom. The van der Waals surface area contributed by atoms with Crippen molar-refractivity contribution >= 4 is 0 Å². The summed E-state index contributed by atoms with van der Waals surface area (Å²) in [5, 5.41) is 10.2. The van der Waals surface area contributed by atoms with Gasteiger partial charge >= 0.3 is 0 Å².